The molecule has 0 saturated heterocycles. The number of alkyl halides is 2. The van der Waals surface area contributed by atoms with Crippen LogP contribution >= 0.6 is 10.7 Å². The van der Waals surface area contributed by atoms with Crippen molar-refractivity contribution in [2.24, 2.45) is 0 Å². The van der Waals surface area contributed by atoms with Crippen molar-refractivity contribution < 1.29 is 22.1 Å². The normalized spacial score (nSPS) is 11.8. The summed E-state index contributed by atoms with van der Waals surface area (Å²) in [6, 6.07) is 0.481. The second kappa shape index (κ2) is 4.37. The van der Waals surface area contributed by atoms with Gasteiger partial charge in [0, 0.05) is 10.7 Å². The largest absolute Gasteiger partial charge is 0.392 e. The molecule has 1 aromatic heterocycles. The van der Waals surface area contributed by atoms with Gasteiger partial charge in [-0.1, -0.05) is 0 Å². The molecule has 0 saturated carbocycles. The van der Waals surface area contributed by atoms with Gasteiger partial charge in [-0.3, -0.25) is 0 Å². The van der Waals surface area contributed by atoms with Crippen molar-refractivity contribution in [1.82, 2.24) is 4.98 Å². The average molecular weight is 288 g/mol. The molecule has 0 atom stereocenters. The summed E-state index contributed by atoms with van der Waals surface area (Å²) < 4.78 is 46.9. The summed E-state index contributed by atoms with van der Waals surface area (Å²) in [5, 5.41) is 10.4. The molecule has 0 aliphatic rings. The summed E-state index contributed by atoms with van der Waals surface area (Å²) >= 11 is 0. The number of pyridine rings is 1. The number of nitrogen functional groups attached to an aromatic ring is 1. The van der Waals surface area contributed by atoms with Crippen LogP contribution in [0.25, 0.3) is 0 Å². The highest BCUT2D eigenvalue weighted by Gasteiger charge is 2.32. The first-order chi connectivity index (χ1) is 7.64. The Kier molecular flexibility index (Phi) is 3.48. The third kappa shape index (κ3) is 2.77. The smallest absolute Gasteiger partial charge is 0.387 e. The topological polar surface area (TPSA) is 116 Å². The Morgan fingerprint density at radius 1 is 1.53 bits per heavy atom. The van der Waals surface area contributed by atoms with Gasteiger partial charge in [0.2, 0.25) is 5.69 Å². The van der Waals surface area contributed by atoms with Crippen LogP contribution in [0, 0.1) is 10.1 Å². The molecule has 0 aliphatic carbocycles. The van der Waals surface area contributed by atoms with E-state index in [0.717, 1.165) is 0 Å². The third-order valence-corrected chi connectivity index (χ3v) is 3.02. The van der Waals surface area contributed by atoms with E-state index in [1.807, 2.05) is 0 Å². The van der Waals surface area contributed by atoms with E-state index >= 15 is 0 Å². The van der Waals surface area contributed by atoms with Crippen molar-refractivity contribution in [1.29, 1.82) is 0 Å². The SMILES string of the molecule is Nc1cc(S(=O)(=O)Cl)c(C(F)F)nc1[N+](=O)[O-]. The summed E-state index contributed by atoms with van der Waals surface area (Å²) in [6.07, 6.45) is -3.34. The van der Waals surface area contributed by atoms with Gasteiger partial charge in [0.1, 0.15) is 10.6 Å². The van der Waals surface area contributed by atoms with E-state index in [0.29, 0.717) is 6.07 Å². The van der Waals surface area contributed by atoms with Crippen LogP contribution in [-0.2, 0) is 9.05 Å². The van der Waals surface area contributed by atoms with Gasteiger partial charge in [0.05, 0.1) is 0 Å². The molecular formula is C6H4ClF2N3O4S. The molecule has 0 aromatic carbocycles. The lowest BCUT2D eigenvalue weighted by Gasteiger charge is -2.03. The van der Waals surface area contributed by atoms with Crippen molar-refractivity contribution >= 4 is 31.2 Å². The Morgan fingerprint density at radius 2 is 2.06 bits per heavy atom. The lowest BCUT2D eigenvalue weighted by atomic mass is 10.3. The second-order valence-corrected chi connectivity index (χ2v) is 5.31. The maximum Gasteiger partial charge on any atom is 0.387 e. The van der Waals surface area contributed by atoms with E-state index in [2.05, 4.69) is 4.98 Å². The fraction of sp³-hybridized carbons (Fsp3) is 0.167. The molecule has 11 heteroatoms. The van der Waals surface area contributed by atoms with Gasteiger partial charge in [0.15, 0.2) is 0 Å². The first-order valence-electron chi connectivity index (χ1n) is 3.82. The number of halogens is 3. The molecule has 0 bridgehead atoms. The highest BCUT2D eigenvalue weighted by molar-refractivity contribution is 8.13. The van der Waals surface area contributed by atoms with Crippen LogP contribution in [0.2, 0.25) is 0 Å². The van der Waals surface area contributed by atoms with Crippen LogP contribution in [0.5, 0.6) is 0 Å². The Morgan fingerprint density at radius 3 is 2.41 bits per heavy atom. The quantitative estimate of drug-likeness (QED) is 0.511. The minimum atomic E-state index is -4.52. The van der Waals surface area contributed by atoms with E-state index in [-0.39, 0.29) is 0 Å². The van der Waals surface area contributed by atoms with E-state index in [9.17, 15) is 27.3 Å². The monoisotopic (exact) mass is 287 g/mol. The fourth-order valence-electron chi connectivity index (χ4n) is 1.01. The molecule has 0 amide bonds. The lowest BCUT2D eigenvalue weighted by Crippen LogP contribution is -2.07. The molecule has 0 fully saturated rings. The molecule has 94 valence electrons. The molecule has 0 unspecified atom stereocenters. The van der Waals surface area contributed by atoms with Crippen molar-refractivity contribution in [2.45, 2.75) is 11.3 Å². The molecule has 0 spiro atoms. The van der Waals surface area contributed by atoms with Crippen molar-refractivity contribution in [2.75, 3.05) is 5.73 Å². The zero-order chi connectivity index (χ0) is 13.4. The van der Waals surface area contributed by atoms with E-state index in [4.69, 9.17) is 16.4 Å². The highest BCUT2D eigenvalue weighted by atomic mass is 35.7. The van der Waals surface area contributed by atoms with Crippen LogP contribution in [0.4, 0.5) is 20.3 Å². The number of rotatable bonds is 3. The molecule has 0 aliphatic heterocycles. The molecule has 0 radical (unpaired) electrons. The molecular weight excluding hydrogens is 284 g/mol. The maximum atomic E-state index is 12.5. The number of nitrogens with zero attached hydrogens (tertiary/aromatic N) is 2. The number of nitrogens with two attached hydrogens (primary N) is 1. The van der Waals surface area contributed by atoms with Gasteiger partial charge in [-0.05, 0) is 16.0 Å². The molecule has 1 rings (SSSR count). The lowest BCUT2D eigenvalue weighted by molar-refractivity contribution is -0.388. The van der Waals surface area contributed by atoms with E-state index < -0.39 is 42.5 Å². The maximum absolute atomic E-state index is 12.5. The molecule has 7 nitrogen and oxygen atoms in total. The standard InChI is InChI=1S/C6H4ClF2N3O4S/c7-17(15,16)3-1-2(10)6(12(13)14)11-4(3)5(8)9/h1,5H,10H2. The molecule has 1 heterocycles. The number of hydrogen-bond donors (Lipinski definition) is 1. The van der Waals surface area contributed by atoms with Crippen molar-refractivity contribution in [3.05, 3.63) is 21.9 Å². The Balaban J connectivity index is 3.64. The van der Waals surface area contributed by atoms with Gasteiger partial charge < -0.3 is 15.8 Å². The number of aromatic nitrogens is 1. The molecule has 17 heavy (non-hydrogen) atoms. The highest BCUT2D eigenvalue weighted by Crippen LogP contribution is 2.32. The molecule has 1 aromatic rings. The van der Waals surface area contributed by atoms with Gasteiger partial charge >= 0.3 is 12.2 Å². The predicted molar refractivity (Wildman–Crippen MR) is 53.3 cm³/mol. The first-order valence-corrected chi connectivity index (χ1v) is 6.13. The Labute approximate surface area is 97.8 Å². The number of nitro groups is 1. The summed E-state index contributed by atoms with van der Waals surface area (Å²) in [5.41, 5.74) is 3.14. The minimum absolute atomic E-state index is 0.481. The summed E-state index contributed by atoms with van der Waals surface area (Å²) in [5.74, 6) is -1.05. The van der Waals surface area contributed by atoms with Crippen molar-refractivity contribution in [3.8, 4) is 0 Å². The number of anilines is 1. The Bertz CT molecular complexity index is 577. The summed E-state index contributed by atoms with van der Waals surface area (Å²) in [6.45, 7) is 0. The van der Waals surface area contributed by atoms with Gasteiger partial charge in [-0.25, -0.2) is 17.2 Å². The fourth-order valence-corrected chi connectivity index (χ4v) is 2.03. The van der Waals surface area contributed by atoms with Gasteiger partial charge in [-0.15, -0.1) is 0 Å². The minimum Gasteiger partial charge on any atom is -0.392 e. The third-order valence-electron chi connectivity index (χ3n) is 1.67. The van der Waals surface area contributed by atoms with Crippen LogP contribution in [0.3, 0.4) is 0 Å². The van der Waals surface area contributed by atoms with Crippen LogP contribution < -0.4 is 5.73 Å². The van der Waals surface area contributed by atoms with Crippen LogP contribution in [0.15, 0.2) is 11.0 Å². The van der Waals surface area contributed by atoms with E-state index in [1.54, 1.807) is 0 Å². The van der Waals surface area contributed by atoms with Crippen molar-refractivity contribution in [3.63, 3.8) is 0 Å². The van der Waals surface area contributed by atoms with Gasteiger partial charge in [-0.2, -0.15) is 0 Å². The number of hydrogen-bond acceptors (Lipinski definition) is 6. The van der Waals surface area contributed by atoms with Crippen LogP contribution in [-0.4, -0.2) is 18.3 Å². The zero-order valence-electron chi connectivity index (χ0n) is 7.80. The van der Waals surface area contributed by atoms with Gasteiger partial charge in [0.25, 0.3) is 9.05 Å². The Hall–Kier alpha value is -1.55. The van der Waals surface area contributed by atoms with E-state index in [1.165, 1.54) is 0 Å². The van der Waals surface area contributed by atoms with Crippen LogP contribution in [0.1, 0.15) is 12.1 Å². The molecule has 2 N–H and O–H groups in total. The second-order valence-electron chi connectivity index (χ2n) is 2.78. The summed E-state index contributed by atoms with van der Waals surface area (Å²) in [4.78, 5) is 11.1. The summed E-state index contributed by atoms with van der Waals surface area (Å²) in [7, 11) is 0.369. The first kappa shape index (κ1) is 13.5. The zero-order valence-corrected chi connectivity index (χ0v) is 9.37. The predicted octanol–water partition coefficient (Wildman–Crippen LogP) is 1.44. The average Bonchev–Trinajstić information content (AvgIpc) is 2.14.